The Morgan fingerprint density at radius 1 is 1.03 bits per heavy atom. The minimum Gasteiger partial charge on any atom is -0.495 e. The number of carbonyl (C=O) groups excluding carboxylic acids is 1. The van der Waals surface area contributed by atoms with Crippen LogP contribution in [0.4, 0.5) is 0 Å². The van der Waals surface area contributed by atoms with Crippen molar-refractivity contribution < 1.29 is 17.9 Å². The van der Waals surface area contributed by atoms with E-state index in [0.717, 1.165) is 43.9 Å². The number of likely N-dealkylation sites (N-methyl/N-ethyl adjacent to an activating group) is 1. The summed E-state index contributed by atoms with van der Waals surface area (Å²) in [4.78, 5) is 22.8. The fourth-order valence-electron chi connectivity index (χ4n) is 5.25. The lowest BCUT2D eigenvalue weighted by Crippen LogP contribution is -2.48. The molecule has 2 aromatic heterocycles. The maximum Gasteiger partial charge on any atom is 0.275 e. The number of ether oxygens (including phenoxy) is 1. The molecule has 2 aliphatic rings. The molecule has 0 atom stereocenters. The SMILES string of the molecule is CCN1CCN(C(=O)c2nn3c(C)cc(C)nc3c2-c2ccc(OC)c(S(=O)(=O)N3CCCC3)c2)CC1. The van der Waals surface area contributed by atoms with E-state index in [0.29, 0.717) is 43.0 Å². The minimum absolute atomic E-state index is 0.0908. The van der Waals surface area contributed by atoms with Crippen molar-refractivity contribution in [2.75, 3.05) is 52.9 Å². The number of fused-ring (bicyclic) bond motifs is 1. The summed E-state index contributed by atoms with van der Waals surface area (Å²) < 4.78 is 35.8. The van der Waals surface area contributed by atoms with Crippen molar-refractivity contribution in [3.63, 3.8) is 0 Å². The van der Waals surface area contributed by atoms with Crippen LogP contribution in [-0.2, 0) is 10.0 Å². The Labute approximate surface area is 217 Å². The number of sulfonamides is 1. The molecule has 10 nitrogen and oxygen atoms in total. The predicted molar refractivity (Wildman–Crippen MR) is 140 cm³/mol. The zero-order chi connectivity index (χ0) is 26.3. The molecule has 3 aromatic rings. The summed E-state index contributed by atoms with van der Waals surface area (Å²) in [5.74, 6) is 0.101. The highest BCUT2D eigenvalue weighted by molar-refractivity contribution is 7.89. The molecule has 0 N–H and O–H groups in total. The molecule has 0 radical (unpaired) electrons. The number of hydrogen-bond acceptors (Lipinski definition) is 7. The number of carbonyl (C=O) groups is 1. The zero-order valence-electron chi connectivity index (χ0n) is 21.9. The smallest absolute Gasteiger partial charge is 0.275 e. The molecule has 5 rings (SSSR count). The Morgan fingerprint density at radius 2 is 1.73 bits per heavy atom. The summed E-state index contributed by atoms with van der Waals surface area (Å²) >= 11 is 0. The number of aromatic nitrogens is 3. The zero-order valence-corrected chi connectivity index (χ0v) is 22.7. The first-order valence-corrected chi connectivity index (χ1v) is 14.3. The van der Waals surface area contributed by atoms with Crippen molar-refractivity contribution in [2.45, 2.75) is 38.5 Å². The molecule has 198 valence electrons. The highest BCUT2D eigenvalue weighted by atomic mass is 32.2. The molecule has 0 unspecified atom stereocenters. The summed E-state index contributed by atoms with van der Waals surface area (Å²) in [5, 5.41) is 4.71. The summed E-state index contributed by atoms with van der Waals surface area (Å²) in [6, 6.07) is 6.95. The molecule has 4 heterocycles. The standard InChI is InChI=1S/C26H34N6O4S/c1-5-29-12-14-30(15-13-29)26(33)24-23(25-27-18(2)16-19(3)32(25)28-24)20-8-9-21(36-4)22(17-20)37(34,35)31-10-6-7-11-31/h8-9,16-17H,5-7,10-15H2,1-4H3. The molecule has 2 aliphatic heterocycles. The molecular formula is C26H34N6O4S. The first-order chi connectivity index (χ1) is 17.7. The van der Waals surface area contributed by atoms with E-state index in [1.807, 2.05) is 24.8 Å². The lowest BCUT2D eigenvalue weighted by molar-refractivity contribution is 0.0638. The third-order valence-electron chi connectivity index (χ3n) is 7.34. The van der Waals surface area contributed by atoms with Crippen LogP contribution in [0, 0.1) is 13.8 Å². The van der Waals surface area contributed by atoms with Gasteiger partial charge in [0.2, 0.25) is 10.0 Å². The van der Waals surface area contributed by atoms with Crippen molar-refractivity contribution in [2.24, 2.45) is 0 Å². The second kappa shape index (κ2) is 10.0. The molecular weight excluding hydrogens is 492 g/mol. The van der Waals surface area contributed by atoms with Crippen LogP contribution in [-0.4, -0.2) is 96.0 Å². The Kier molecular flexibility index (Phi) is 6.95. The summed E-state index contributed by atoms with van der Waals surface area (Å²) in [6.07, 6.45) is 1.67. The monoisotopic (exact) mass is 526 g/mol. The number of rotatable bonds is 6. The second-order valence-corrected chi connectivity index (χ2v) is 11.6. The quantitative estimate of drug-likeness (QED) is 0.487. The van der Waals surface area contributed by atoms with Gasteiger partial charge in [-0.2, -0.15) is 9.40 Å². The van der Waals surface area contributed by atoms with Crippen LogP contribution in [0.25, 0.3) is 16.8 Å². The molecule has 0 bridgehead atoms. The molecule has 2 fully saturated rings. The van der Waals surface area contributed by atoms with Crippen molar-refractivity contribution in [3.05, 3.63) is 41.3 Å². The van der Waals surface area contributed by atoms with Gasteiger partial charge in [0.05, 0.1) is 12.7 Å². The van der Waals surface area contributed by atoms with Crippen molar-refractivity contribution in [1.29, 1.82) is 0 Å². The van der Waals surface area contributed by atoms with Crippen LogP contribution in [0.3, 0.4) is 0 Å². The molecule has 1 aromatic carbocycles. The first kappa shape index (κ1) is 25.6. The lowest BCUT2D eigenvalue weighted by atomic mass is 10.0. The maximum absolute atomic E-state index is 13.8. The van der Waals surface area contributed by atoms with Crippen LogP contribution in [0.15, 0.2) is 29.2 Å². The van der Waals surface area contributed by atoms with E-state index in [2.05, 4.69) is 11.8 Å². The third kappa shape index (κ3) is 4.60. The molecule has 0 aliphatic carbocycles. The molecule has 2 saturated heterocycles. The highest BCUT2D eigenvalue weighted by Gasteiger charge is 2.33. The van der Waals surface area contributed by atoms with Gasteiger partial charge in [-0.3, -0.25) is 4.79 Å². The van der Waals surface area contributed by atoms with Gasteiger partial charge in [-0.15, -0.1) is 0 Å². The number of amides is 1. The number of hydrogen-bond donors (Lipinski definition) is 0. The van der Waals surface area contributed by atoms with Gasteiger partial charge in [-0.1, -0.05) is 13.0 Å². The number of piperazine rings is 1. The van der Waals surface area contributed by atoms with Gasteiger partial charge >= 0.3 is 0 Å². The third-order valence-corrected chi connectivity index (χ3v) is 9.26. The van der Waals surface area contributed by atoms with E-state index in [-0.39, 0.29) is 22.2 Å². The van der Waals surface area contributed by atoms with Gasteiger partial charge in [0.25, 0.3) is 5.91 Å². The van der Waals surface area contributed by atoms with Gasteiger partial charge in [-0.05, 0) is 57.0 Å². The maximum atomic E-state index is 13.8. The van der Waals surface area contributed by atoms with E-state index in [1.54, 1.807) is 22.7 Å². The van der Waals surface area contributed by atoms with Crippen LogP contribution in [0.1, 0.15) is 41.6 Å². The van der Waals surface area contributed by atoms with E-state index >= 15 is 0 Å². The predicted octanol–water partition coefficient (Wildman–Crippen LogP) is 2.58. The molecule has 0 spiro atoms. The molecule has 11 heteroatoms. The molecule has 37 heavy (non-hydrogen) atoms. The first-order valence-electron chi connectivity index (χ1n) is 12.8. The topological polar surface area (TPSA) is 100 Å². The minimum atomic E-state index is -3.77. The fraction of sp³-hybridized carbons (Fsp3) is 0.500. The van der Waals surface area contributed by atoms with Gasteiger partial charge < -0.3 is 14.5 Å². The summed E-state index contributed by atoms with van der Waals surface area (Å²) in [7, 11) is -2.30. The van der Waals surface area contributed by atoms with Gasteiger partial charge in [0, 0.05) is 50.7 Å². The highest BCUT2D eigenvalue weighted by Crippen LogP contribution is 2.36. The normalized spacial score (nSPS) is 17.6. The van der Waals surface area contributed by atoms with E-state index in [4.69, 9.17) is 14.8 Å². The summed E-state index contributed by atoms with van der Waals surface area (Å²) in [6.45, 7) is 10.7. The number of nitrogens with zero attached hydrogens (tertiary/aromatic N) is 6. The Bertz CT molecular complexity index is 1440. The second-order valence-electron chi connectivity index (χ2n) is 9.70. The molecule has 1 amide bonds. The number of benzene rings is 1. The average molecular weight is 527 g/mol. The van der Waals surface area contributed by atoms with Crippen molar-refractivity contribution in [3.8, 4) is 16.9 Å². The van der Waals surface area contributed by atoms with Crippen LogP contribution >= 0.6 is 0 Å². The van der Waals surface area contributed by atoms with Crippen molar-refractivity contribution in [1.82, 2.24) is 28.7 Å². The Hall–Kier alpha value is -3.02. The van der Waals surface area contributed by atoms with Gasteiger partial charge in [-0.25, -0.2) is 17.9 Å². The van der Waals surface area contributed by atoms with E-state index in [9.17, 15) is 13.2 Å². The Balaban J connectivity index is 1.67. The van der Waals surface area contributed by atoms with Crippen LogP contribution in [0.2, 0.25) is 0 Å². The fourth-order valence-corrected chi connectivity index (χ4v) is 6.95. The van der Waals surface area contributed by atoms with Crippen LogP contribution < -0.4 is 4.74 Å². The van der Waals surface area contributed by atoms with Gasteiger partial charge in [0.1, 0.15) is 10.6 Å². The largest absolute Gasteiger partial charge is 0.495 e. The molecule has 0 saturated carbocycles. The Morgan fingerprint density at radius 3 is 2.38 bits per heavy atom. The average Bonchev–Trinajstić information content (AvgIpc) is 3.57. The van der Waals surface area contributed by atoms with E-state index < -0.39 is 10.0 Å². The number of methoxy groups -OCH3 is 1. The van der Waals surface area contributed by atoms with Crippen LogP contribution in [0.5, 0.6) is 5.75 Å². The number of aryl methyl sites for hydroxylation is 2. The van der Waals surface area contributed by atoms with Crippen molar-refractivity contribution >= 4 is 21.6 Å². The summed E-state index contributed by atoms with van der Waals surface area (Å²) in [5.41, 5.74) is 3.55. The van der Waals surface area contributed by atoms with E-state index in [1.165, 1.54) is 11.4 Å². The van der Waals surface area contributed by atoms with Gasteiger partial charge in [0.15, 0.2) is 11.3 Å². The lowest BCUT2D eigenvalue weighted by Gasteiger charge is -2.33.